The zero-order chi connectivity index (χ0) is 27.7. The van der Waals surface area contributed by atoms with E-state index in [1.807, 2.05) is 12.4 Å². The van der Waals surface area contributed by atoms with Crippen molar-refractivity contribution in [1.82, 2.24) is 9.29 Å². The van der Waals surface area contributed by atoms with Gasteiger partial charge in [0.25, 0.3) is 0 Å². The van der Waals surface area contributed by atoms with E-state index in [-0.39, 0.29) is 34.1 Å². The third-order valence-electron chi connectivity index (χ3n) is 12.0. The summed E-state index contributed by atoms with van der Waals surface area (Å²) in [5.41, 5.74) is 4.75. The lowest BCUT2D eigenvalue weighted by atomic mass is 9.47. The average molecular weight is 565 g/mol. The molecule has 1 aromatic heterocycles. The summed E-state index contributed by atoms with van der Waals surface area (Å²) >= 11 is 0. The minimum Gasteiger partial charge on any atom is -0.462 e. The van der Waals surface area contributed by atoms with Gasteiger partial charge in [0.05, 0.1) is 11.2 Å². The van der Waals surface area contributed by atoms with E-state index in [4.69, 9.17) is 4.74 Å². The second-order valence-corrected chi connectivity index (χ2v) is 16.2. The summed E-state index contributed by atoms with van der Waals surface area (Å²) in [6, 6.07) is 4.28. The van der Waals surface area contributed by atoms with Crippen molar-refractivity contribution in [3.8, 4) is 0 Å². The second-order valence-electron chi connectivity index (χ2n) is 14.0. The van der Waals surface area contributed by atoms with E-state index >= 15 is 0 Å². The minimum atomic E-state index is -3.15. The Morgan fingerprint density at radius 3 is 2.48 bits per heavy atom. The van der Waals surface area contributed by atoms with Crippen LogP contribution in [0.4, 0.5) is 0 Å². The lowest BCUT2D eigenvalue weighted by Gasteiger charge is -2.58. The summed E-state index contributed by atoms with van der Waals surface area (Å²) in [5.74, 6) is 1.79. The number of ether oxygens (including phenoxy) is 1. The fourth-order valence-electron chi connectivity index (χ4n) is 9.45. The van der Waals surface area contributed by atoms with Gasteiger partial charge in [-0.1, -0.05) is 37.6 Å². The first-order valence-corrected chi connectivity index (χ1v) is 17.2. The molecule has 40 heavy (non-hydrogen) atoms. The number of hydrogen-bond donors (Lipinski definition) is 0. The van der Waals surface area contributed by atoms with E-state index in [0.717, 1.165) is 38.5 Å². The average Bonchev–Trinajstić information content (AvgIpc) is 3.76. The Balaban J connectivity index is 0.990. The molecule has 0 amide bonds. The number of aromatic nitrogens is 1. The van der Waals surface area contributed by atoms with Gasteiger partial charge in [0.1, 0.15) is 6.10 Å². The maximum absolute atomic E-state index is 13.1. The van der Waals surface area contributed by atoms with Crippen LogP contribution < -0.4 is 0 Å². The van der Waals surface area contributed by atoms with Gasteiger partial charge in [-0.15, -0.1) is 0 Å². The van der Waals surface area contributed by atoms with Gasteiger partial charge in [0.2, 0.25) is 10.0 Å². The molecular formula is C33H44N2O4S. The molecule has 2 heterocycles. The molecule has 0 unspecified atom stereocenters. The molecule has 1 saturated heterocycles. The van der Waals surface area contributed by atoms with Crippen molar-refractivity contribution in [2.45, 2.75) is 95.8 Å². The van der Waals surface area contributed by atoms with Crippen molar-refractivity contribution in [3.05, 3.63) is 47.8 Å². The fourth-order valence-corrected chi connectivity index (χ4v) is 11.3. The molecule has 6 nitrogen and oxygen atoms in total. The molecule has 5 aliphatic carbocycles. The molecule has 1 aromatic rings. The van der Waals surface area contributed by atoms with Crippen molar-refractivity contribution in [2.75, 3.05) is 13.1 Å². The first kappa shape index (κ1) is 26.9. The number of allylic oxidation sites excluding steroid dienone is 3. The Morgan fingerprint density at radius 1 is 0.975 bits per heavy atom. The zero-order valence-corrected chi connectivity index (χ0v) is 24.9. The first-order chi connectivity index (χ1) is 19.2. The first-order valence-electron chi connectivity index (χ1n) is 15.7. The van der Waals surface area contributed by atoms with Gasteiger partial charge in [-0.25, -0.2) is 12.7 Å². The van der Waals surface area contributed by atoms with Crippen LogP contribution in [0.5, 0.6) is 0 Å². The molecule has 0 bridgehead atoms. The number of carbonyl (C=O) groups is 1. The largest absolute Gasteiger partial charge is 0.462 e. The number of sulfonamides is 1. The Morgan fingerprint density at radius 2 is 1.75 bits per heavy atom. The molecule has 6 aliphatic rings. The minimum absolute atomic E-state index is 0.0456. The van der Waals surface area contributed by atoms with Crippen LogP contribution in [0.2, 0.25) is 0 Å². The van der Waals surface area contributed by atoms with Crippen LogP contribution in [0.1, 0.15) is 90.0 Å². The standard InChI is InChI=1S/C33H44N2O4S/c1-32-15-11-25(39-31(36)22-13-18-35(19-14-22)40(37,38)26-6-7-26)20-24(32)5-8-27-29-10-9-28(23-4-3-17-34-21-23)33(29,2)16-12-30(27)32/h3-5,9,17,21-22,25-27,29-30H,6-8,10-16,18-20H2,1-2H3/t25-,27-,29-,30-,32-,33+/m0/s1. The summed E-state index contributed by atoms with van der Waals surface area (Å²) < 4.78 is 32.9. The predicted molar refractivity (Wildman–Crippen MR) is 155 cm³/mol. The molecule has 4 fully saturated rings. The molecule has 6 atom stereocenters. The summed E-state index contributed by atoms with van der Waals surface area (Å²) in [6.07, 6.45) is 19.3. The highest BCUT2D eigenvalue weighted by atomic mass is 32.2. The van der Waals surface area contributed by atoms with Gasteiger partial charge >= 0.3 is 5.97 Å². The van der Waals surface area contributed by atoms with Crippen LogP contribution in [0, 0.1) is 34.5 Å². The van der Waals surface area contributed by atoms with Gasteiger partial charge in [-0.2, -0.15) is 0 Å². The summed E-state index contributed by atoms with van der Waals surface area (Å²) in [4.78, 5) is 17.5. The molecule has 0 spiro atoms. The van der Waals surface area contributed by atoms with Crippen LogP contribution in [0.25, 0.3) is 5.57 Å². The van der Waals surface area contributed by atoms with Crippen molar-refractivity contribution in [3.63, 3.8) is 0 Å². The van der Waals surface area contributed by atoms with Crippen molar-refractivity contribution in [1.29, 1.82) is 0 Å². The van der Waals surface area contributed by atoms with Crippen LogP contribution in [0.3, 0.4) is 0 Å². The number of rotatable bonds is 5. The molecule has 7 rings (SSSR count). The number of hydrogen-bond acceptors (Lipinski definition) is 5. The van der Waals surface area contributed by atoms with Gasteiger partial charge < -0.3 is 4.74 Å². The Labute approximate surface area is 239 Å². The number of fused-ring (bicyclic) bond motifs is 5. The van der Waals surface area contributed by atoms with Gasteiger partial charge in [-0.05, 0) is 110 Å². The van der Waals surface area contributed by atoms with Gasteiger partial charge in [0.15, 0.2) is 0 Å². The number of esters is 1. The second kappa shape index (κ2) is 9.79. The van der Waals surface area contributed by atoms with Crippen molar-refractivity contribution < 1.29 is 17.9 Å². The highest BCUT2D eigenvalue weighted by Gasteiger charge is 2.57. The molecule has 7 heteroatoms. The smallest absolute Gasteiger partial charge is 0.309 e. The number of pyridine rings is 1. The summed E-state index contributed by atoms with van der Waals surface area (Å²) in [7, 11) is -3.15. The predicted octanol–water partition coefficient (Wildman–Crippen LogP) is 6.15. The van der Waals surface area contributed by atoms with E-state index in [2.05, 4.69) is 43.1 Å². The zero-order valence-electron chi connectivity index (χ0n) is 24.1. The lowest BCUT2D eigenvalue weighted by molar-refractivity contribution is -0.157. The topological polar surface area (TPSA) is 76.6 Å². The Hall–Kier alpha value is -1.99. The van der Waals surface area contributed by atoms with Gasteiger partial charge in [0, 0.05) is 31.9 Å². The molecule has 0 aromatic carbocycles. The van der Waals surface area contributed by atoms with Crippen molar-refractivity contribution in [2.24, 2.45) is 34.5 Å². The van der Waals surface area contributed by atoms with E-state index in [0.29, 0.717) is 43.7 Å². The third kappa shape index (κ3) is 4.33. The monoisotopic (exact) mass is 564 g/mol. The fraction of sp³-hybridized carbons (Fsp3) is 0.697. The quantitative estimate of drug-likeness (QED) is 0.317. The van der Waals surface area contributed by atoms with E-state index < -0.39 is 10.0 Å². The van der Waals surface area contributed by atoms with Crippen LogP contribution >= 0.6 is 0 Å². The number of carbonyl (C=O) groups excluding carboxylic acids is 1. The Kier molecular flexibility index (Phi) is 6.58. The maximum atomic E-state index is 13.1. The van der Waals surface area contributed by atoms with Gasteiger partial charge in [-0.3, -0.25) is 9.78 Å². The highest BCUT2D eigenvalue weighted by Crippen LogP contribution is 2.66. The molecule has 0 radical (unpaired) electrons. The highest BCUT2D eigenvalue weighted by molar-refractivity contribution is 7.90. The van der Waals surface area contributed by atoms with E-state index in [1.54, 1.807) is 4.31 Å². The molecular weight excluding hydrogens is 520 g/mol. The molecule has 1 aliphatic heterocycles. The van der Waals surface area contributed by atoms with Crippen LogP contribution in [-0.4, -0.2) is 48.1 Å². The lowest BCUT2D eigenvalue weighted by Crippen LogP contribution is -2.50. The number of nitrogens with zero attached hydrogens (tertiary/aromatic N) is 2. The van der Waals surface area contributed by atoms with E-state index in [9.17, 15) is 13.2 Å². The van der Waals surface area contributed by atoms with E-state index in [1.165, 1.54) is 36.0 Å². The third-order valence-corrected chi connectivity index (χ3v) is 14.4. The summed E-state index contributed by atoms with van der Waals surface area (Å²) in [6.45, 7) is 5.90. The Bertz CT molecular complexity index is 1330. The molecule has 216 valence electrons. The molecule has 0 N–H and O–H groups in total. The maximum Gasteiger partial charge on any atom is 0.309 e. The van der Waals surface area contributed by atoms with Crippen LogP contribution in [0.15, 0.2) is 42.3 Å². The molecule has 3 saturated carbocycles. The summed E-state index contributed by atoms with van der Waals surface area (Å²) in [5, 5.41) is -0.179. The van der Waals surface area contributed by atoms with Crippen LogP contribution in [-0.2, 0) is 19.6 Å². The SMILES string of the molecule is C[C@]12CC[C@H](OC(=O)C3CCN(S(=O)(=O)C4CC4)CC3)CC1=CC[C@@H]1[C@@H]2CC[C@]2(C)C(c3cccnc3)=CC[C@@H]12. The van der Waals surface area contributed by atoms with Crippen molar-refractivity contribution >= 4 is 21.6 Å². The normalized spacial score (nSPS) is 38.5. The number of piperidine rings is 1.